The minimum Gasteiger partial charge on any atom is -0.508 e. The molecule has 0 unspecified atom stereocenters. The summed E-state index contributed by atoms with van der Waals surface area (Å²) in [6.45, 7) is 0. The number of phenols is 1. The lowest BCUT2D eigenvalue weighted by atomic mass is 10.2. The summed E-state index contributed by atoms with van der Waals surface area (Å²) in [4.78, 5) is 4.43. The number of para-hydroxylation sites is 1. The van der Waals surface area contributed by atoms with E-state index in [9.17, 15) is 5.11 Å². The van der Waals surface area contributed by atoms with Gasteiger partial charge in [-0.1, -0.05) is 23.4 Å². The molecule has 1 N–H and O–H groups in total. The van der Waals surface area contributed by atoms with Crippen molar-refractivity contribution in [2.24, 2.45) is 0 Å². The number of aromatic nitrogens is 2. The van der Waals surface area contributed by atoms with Crippen molar-refractivity contribution in [2.45, 2.75) is 0 Å². The second-order valence-corrected chi connectivity index (χ2v) is 6.69. The van der Waals surface area contributed by atoms with Gasteiger partial charge < -0.3 is 14.4 Å². The van der Waals surface area contributed by atoms with E-state index in [0.29, 0.717) is 11.7 Å². The lowest BCUT2D eigenvalue weighted by Crippen LogP contribution is -1.89. The molecule has 0 spiro atoms. The summed E-state index contributed by atoms with van der Waals surface area (Å²) in [6, 6.07) is 22.0. The largest absolute Gasteiger partial charge is 0.508 e. The molecule has 1 heterocycles. The van der Waals surface area contributed by atoms with Crippen LogP contribution in [0.25, 0.3) is 22.8 Å². The van der Waals surface area contributed by atoms with Crippen molar-refractivity contribution >= 4 is 22.6 Å². The Bertz CT molecular complexity index is 1030. The smallest absolute Gasteiger partial charge is 0.258 e. The van der Waals surface area contributed by atoms with E-state index in [2.05, 4.69) is 32.7 Å². The molecule has 0 aliphatic heterocycles. The monoisotopic (exact) mass is 456 g/mol. The average Bonchev–Trinajstić information content (AvgIpc) is 3.15. The molecule has 128 valence electrons. The molecule has 4 rings (SSSR count). The third kappa shape index (κ3) is 3.55. The van der Waals surface area contributed by atoms with Crippen LogP contribution in [0.2, 0.25) is 0 Å². The molecule has 4 aromatic rings. The van der Waals surface area contributed by atoms with Crippen LogP contribution in [-0.4, -0.2) is 15.2 Å². The summed E-state index contributed by atoms with van der Waals surface area (Å²) < 4.78 is 12.2. The van der Waals surface area contributed by atoms with Gasteiger partial charge in [0.1, 0.15) is 17.2 Å². The quantitative estimate of drug-likeness (QED) is 0.411. The minimum atomic E-state index is 0.192. The van der Waals surface area contributed by atoms with Gasteiger partial charge in [0.25, 0.3) is 5.89 Å². The van der Waals surface area contributed by atoms with E-state index in [1.54, 1.807) is 24.3 Å². The van der Waals surface area contributed by atoms with Gasteiger partial charge >= 0.3 is 0 Å². The van der Waals surface area contributed by atoms with E-state index in [4.69, 9.17) is 9.26 Å². The van der Waals surface area contributed by atoms with Crippen LogP contribution < -0.4 is 4.74 Å². The molecule has 0 radical (unpaired) electrons. The second-order valence-electron chi connectivity index (χ2n) is 5.53. The fourth-order valence-corrected chi connectivity index (χ4v) is 3.03. The highest BCUT2D eigenvalue weighted by Crippen LogP contribution is 2.31. The zero-order valence-electron chi connectivity index (χ0n) is 13.5. The molecule has 0 aliphatic rings. The van der Waals surface area contributed by atoms with E-state index in [0.717, 1.165) is 26.2 Å². The van der Waals surface area contributed by atoms with Crippen LogP contribution in [0.3, 0.4) is 0 Å². The van der Waals surface area contributed by atoms with E-state index in [1.807, 2.05) is 48.5 Å². The van der Waals surface area contributed by atoms with Crippen LogP contribution >= 0.6 is 22.6 Å². The van der Waals surface area contributed by atoms with Crippen molar-refractivity contribution in [3.05, 3.63) is 76.4 Å². The van der Waals surface area contributed by atoms with Crippen molar-refractivity contribution in [2.75, 3.05) is 0 Å². The van der Waals surface area contributed by atoms with Crippen molar-refractivity contribution in [1.82, 2.24) is 10.1 Å². The van der Waals surface area contributed by atoms with Gasteiger partial charge in [0.05, 0.1) is 3.57 Å². The average molecular weight is 456 g/mol. The first-order chi connectivity index (χ1) is 12.7. The zero-order valence-corrected chi connectivity index (χ0v) is 15.6. The molecule has 26 heavy (non-hydrogen) atoms. The summed E-state index contributed by atoms with van der Waals surface area (Å²) in [5.74, 6) is 2.64. The number of nitrogens with zero attached hydrogens (tertiary/aromatic N) is 2. The normalized spacial score (nSPS) is 10.7. The third-order valence-corrected chi connectivity index (χ3v) is 4.54. The highest BCUT2D eigenvalue weighted by Gasteiger charge is 2.13. The molecule has 0 fully saturated rings. The Balaban J connectivity index is 1.59. The number of phenolic OH excluding ortho intramolecular Hbond substituents is 1. The summed E-state index contributed by atoms with van der Waals surface area (Å²) in [5, 5.41) is 13.4. The van der Waals surface area contributed by atoms with Gasteiger partial charge in [0.15, 0.2) is 0 Å². The van der Waals surface area contributed by atoms with E-state index in [-0.39, 0.29) is 5.75 Å². The molecular weight excluding hydrogens is 443 g/mol. The maximum atomic E-state index is 9.37. The molecule has 0 atom stereocenters. The van der Waals surface area contributed by atoms with Crippen LogP contribution in [0, 0.1) is 3.57 Å². The highest BCUT2D eigenvalue weighted by atomic mass is 127. The minimum absolute atomic E-state index is 0.192. The van der Waals surface area contributed by atoms with Gasteiger partial charge in [0.2, 0.25) is 5.82 Å². The number of aromatic hydroxyl groups is 1. The van der Waals surface area contributed by atoms with Crippen molar-refractivity contribution in [3.8, 4) is 40.1 Å². The fourth-order valence-electron chi connectivity index (χ4n) is 2.40. The van der Waals surface area contributed by atoms with Crippen molar-refractivity contribution < 1.29 is 14.4 Å². The lowest BCUT2D eigenvalue weighted by Gasteiger charge is -2.08. The van der Waals surface area contributed by atoms with Gasteiger partial charge in [-0.15, -0.1) is 0 Å². The van der Waals surface area contributed by atoms with Crippen LogP contribution in [-0.2, 0) is 0 Å². The van der Waals surface area contributed by atoms with Crippen LogP contribution in [0.15, 0.2) is 77.3 Å². The maximum absolute atomic E-state index is 9.37. The number of halogens is 1. The van der Waals surface area contributed by atoms with E-state index < -0.39 is 0 Å². The molecule has 0 amide bonds. The number of rotatable bonds is 4. The van der Waals surface area contributed by atoms with Crippen molar-refractivity contribution in [1.29, 1.82) is 0 Å². The first-order valence-electron chi connectivity index (χ1n) is 7.85. The summed E-state index contributed by atoms with van der Waals surface area (Å²) in [5.41, 5.74) is 1.59. The van der Waals surface area contributed by atoms with Gasteiger partial charge in [-0.05, 0) is 77.2 Å². The number of hydrogen-bond acceptors (Lipinski definition) is 5. The molecule has 0 saturated carbocycles. The van der Waals surface area contributed by atoms with Gasteiger partial charge in [-0.25, -0.2) is 0 Å². The SMILES string of the molecule is Oc1ccc(-c2nc(-c3ccc(Oc4ccccc4)c(I)c3)no2)cc1. The number of ether oxygens (including phenoxy) is 1. The van der Waals surface area contributed by atoms with Crippen molar-refractivity contribution in [3.63, 3.8) is 0 Å². The third-order valence-electron chi connectivity index (χ3n) is 3.70. The molecular formula is C20H13IN2O3. The number of benzene rings is 3. The zero-order chi connectivity index (χ0) is 17.9. The Hall–Kier alpha value is -2.87. The molecule has 6 heteroatoms. The first-order valence-corrected chi connectivity index (χ1v) is 8.93. The Morgan fingerprint density at radius 2 is 1.62 bits per heavy atom. The predicted octanol–water partition coefficient (Wildman–Crippen LogP) is 5.51. The summed E-state index contributed by atoms with van der Waals surface area (Å²) in [6.07, 6.45) is 0. The van der Waals surface area contributed by atoms with Gasteiger partial charge in [-0.3, -0.25) is 0 Å². The summed E-state index contributed by atoms with van der Waals surface area (Å²) in [7, 11) is 0. The lowest BCUT2D eigenvalue weighted by molar-refractivity contribution is 0.432. The van der Waals surface area contributed by atoms with E-state index in [1.165, 1.54) is 0 Å². The van der Waals surface area contributed by atoms with Crippen LogP contribution in [0.5, 0.6) is 17.2 Å². The maximum Gasteiger partial charge on any atom is 0.258 e. The van der Waals surface area contributed by atoms with Crippen LogP contribution in [0.4, 0.5) is 0 Å². The van der Waals surface area contributed by atoms with Crippen LogP contribution in [0.1, 0.15) is 0 Å². The topological polar surface area (TPSA) is 68.4 Å². The Labute approximate surface area is 163 Å². The molecule has 3 aromatic carbocycles. The molecule has 0 bridgehead atoms. The molecule has 0 saturated heterocycles. The standard InChI is InChI=1S/C20H13IN2O3/c21-17-12-14(8-11-18(17)25-16-4-2-1-3-5-16)19-22-20(26-23-19)13-6-9-15(24)10-7-13/h1-12,24H. The summed E-state index contributed by atoms with van der Waals surface area (Å²) >= 11 is 2.22. The molecule has 5 nitrogen and oxygen atoms in total. The Morgan fingerprint density at radius 3 is 2.35 bits per heavy atom. The van der Waals surface area contributed by atoms with E-state index >= 15 is 0 Å². The molecule has 0 aliphatic carbocycles. The Morgan fingerprint density at radius 1 is 0.885 bits per heavy atom. The molecule has 1 aromatic heterocycles. The van der Waals surface area contributed by atoms with Gasteiger partial charge in [0, 0.05) is 11.1 Å². The number of hydrogen-bond donors (Lipinski definition) is 1. The van der Waals surface area contributed by atoms with Gasteiger partial charge in [-0.2, -0.15) is 4.98 Å². The fraction of sp³-hybridized carbons (Fsp3) is 0. The second kappa shape index (κ2) is 7.17. The Kier molecular flexibility index (Phi) is 4.57. The predicted molar refractivity (Wildman–Crippen MR) is 106 cm³/mol. The highest BCUT2D eigenvalue weighted by molar-refractivity contribution is 14.1. The first kappa shape index (κ1) is 16.6.